The molecular weight excluding hydrogens is 240 g/mol. The topological polar surface area (TPSA) is 17.1 Å². The van der Waals surface area contributed by atoms with E-state index in [1.807, 2.05) is 42.5 Å². The standard InChI is InChI=1S/C13H9ClOS/c14-12-7-4-8-13(11(12)9-15)16-10-5-2-1-3-6-10/h1-9H. The second-order valence-corrected chi connectivity index (χ2v) is 4.71. The largest absolute Gasteiger partial charge is 0.298 e. The van der Waals surface area contributed by atoms with Gasteiger partial charge in [0.15, 0.2) is 6.29 Å². The molecule has 1 nitrogen and oxygen atoms in total. The number of hydrogen-bond acceptors (Lipinski definition) is 2. The van der Waals surface area contributed by atoms with Gasteiger partial charge in [-0.3, -0.25) is 4.79 Å². The summed E-state index contributed by atoms with van der Waals surface area (Å²) in [6.07, 6.45) is 0.799. The maximum Gasteiger partial charge on any atom is 0.152 e. The molecule has 3 heteroatoms. The SMILES string of the molecule is O=Cc1c(Cl)cccc1Sc1ccccc1. The molecule has 0 saturated carbocycles. The van der Waals surface area contributed by atoms with Crippen molar-refractivity contribution >= 4 is 29.6 Å². The Labute approximate surface area is 103 Å². The van der Waals surface area contributed by atoms with Gasteiger partial charge < -0.3 is 0 Å². The van der Waals surface area contributed by atoms with E-state index in [-0.39, 0.29) is 0 Å². The van der Waals surface area contributed by atoms with Crippen LogP contribution in [-0.2, 0) is 0 Å². The number of halogens is 1. The normalized spacial score (nSPS) is 10.1. The molecule has 0 N–H and O–H groups in total. The lowest BCUT2D eigenvalue weighted by atomic mass is 10.2. The van der Waals surface area contributed by atoms with E-state index in [9.17, 15) is 4.79 Å². The smallest absolute Gasteiger partial charge is 0.152 e. The van der Waals surface area contributed by atoms with Crippen molar-refractivity contribution in [2.24, 2.45) is 0 Å². The number of benzene rings is 2. The highest BCUT2D eigenvalue weighted by molar-refractivity contribution is 7.99. The Morgan fingerprint density at radius 1 is 1.00 bits per heavy atom. The minimum atomic E-state index is 0.496. The van der Waals surface area contributed by atoms with Crippen molar-refractivity contribution in [1.29, 1.82) is 0 Å². The van der Waals surface area contributed by atoms with E-state index in [0.717, 1.165) is 16.1 Å². The highest BCUT2D eigenvalue weighted by Crippen LogP contribution is 2.32. The van der Waals surface area contributed by atoms with Gasteiger partial charge in [0.25, 0.3) is 0 Å². The summed E-state index contributed by atoms with van der Waals surface area (Å²) in [4.78, 5) is 12.9. The Kier molecular flexibility index (Phi) is 3.65. The third-order valence-electron chi connectivity index (χ3n) is 2.10. The maximum atomic E-state index is 10.9. The van der Waals surface area contributed by atoms with E-state index >= 15 is 0 Å². The molecule has 0 unspecified atom stereocenters. The van der Waals surface area contributed by atoms with Crippen molar-refractivity contribution < 1.29 is 4.79 Å². The molecule has 0 saturated heterocycles. The zero-order chi connectivity index (χ0) is 11.4. The van der Waals surface area contributed by atoms with Crippen molar-refractivity contribution in [3.8, 4) is 0 Å². The van der Waals surface area contributed by atoms with Gasteiger partial charge in [0.1, 0.15) is 0 Å². The lowest BCUT2D eigenvalue weighted by molar-refractivity contribution is 0.112. The Hall–Kier alpha value is -1.25. The van der Waals surface area contributed by atoms with Gasteiger partial charge in [-0.1, -0.05) is 47.6 Å². The predicted molar refractivity (Wildman–Crippen MR) is 67.4 cm³/mol. The average molecular weight is 249 g/mol. The van der Waals surface area contributed by atoms with Crippen LogP contribution in [0, 0.1) is 0 Å². The maximum absolute atomic E-state index is 10.9. The Morgan fingerprint density at radius 2 is 1.75 bits per heavy atom. The summed E-state index contributed by atoms with van der Waals surface area (Å²) in [5.74, 6) is 0. The summed E-state index contributed by atoms with van der Waals surface area (Å²) in [6, 6.07) is 15.4. The molecule has 0 amide bonds. The summed E-state index contributed by atoms with van der Waals surface area (Å²) >= 11 is 7.49. The molecule has 0 radical (unpaired) electrons. The van der Waals surface area contributed by atoms with E-state index in [4.69, 9.17) is 11.6 Å². The second kappa shape index (κ2) is 5.19. The zero-order valence-electron chi connectivity index (χ0n) is 8.39. The van der Waals surface area contributed by atoms with Crippen LogP contribution in [0.2, 0.25) is 5.02 Å². The molecule has 2 aromatic carbocycles. The molecular formula is C13H9ClOS. The van der Waals surface area contributed by atoms with E-state index in [0.29, 0.717) is 10.6 Å². The molecule has 0 aromatic heterocycles. The number of carbonyl (C=O) groups is 1. The average Bonchev–Trinajstić information content (AvgIpc) is 2.31. The summed E-state index contributed by atoms with van der Waals surface area (Å²) in [6.45, 7) is 0. The fraction of sp³-hybridized carbons (Fsp3) is 0. The van der Waals surface area contributed by atoms with Gasteiger partial charge in [-0.15, -0.1) is 0 Å². The molecule has 2 rings (SSSR count). The highest BCUT2D eigenvalue weighted by atomic mass is 35.5. The first kappa shape index (κ1) is 11.2. The molecule has 0 spiro atoms. The first-order chi connectivity index (χ1) is 7.81. The molecule has 0 atom stereocenters. The molecule has 0 aliphatic rings. The van der Waals surface area contributed by atoms with Crippen LogP contribution in [0.4, 0.5) is 0 Å². The summed E-state index contributed by atoms with van der Waals surface area (Å²) in [5, 5.41) is 0.496. The van der Waals surface area contributed by atoms with E-state index < -0.39 is 0 Å². The van der Waals surface area contributed by atoms with E-state index in [2.05, 4.69) is 0 Å². The van der Waals surface area contributed by atoms with Crippen molar-refractivity contribution in [2.75, 3.05) is 0 Å². The van der Waals surface area contributed by atoms with Gasteiger partial charge >= 0.3 is 0 Å². The monoisotopic (exact) mass is 248 g/mol. The molecule has 0 aliphatic carbocycles. The van der Waals surface area contributed by atoms with Crippen LogP contribution in [0.5, 0.6) is 0 Å². The van der Waals surface area contributed by atoms with E-state index in [1.165, 1.54) is 11.8 Å². The first-order valence-corrected chi connectivity index (χ1v) is 5.97. The van der Waals surface area contributed by atoms with E-state index in [1.54, 1.807) is 6.07 Å². The highest BCUT2D eigenvalue weighted by Gasteiger charge is 2.06. The van der Waals surface area contributed by atoms with Crippen LogP contribution in [0.15, 0.2) is 58.3 Å². The van der Waals surface area contributed by atoms with Gasteiger partial charge in [0.05, 0.1) is 5.02 Å². The van der Waals surface area contributed by atoms with Gasteiger partial charge in [-0.2, -0.15) is 0 Å². The fourth-order valence-electron chi connectivity index (χ4n) is 1.34. The molecule has 0 bridgehead atoms. The van der Waals surface area contributed by atoms with Gasteiger partial charge in [0, 0.05) is 15.4 Å². The summed E-state index contributed by atoms with van der Waals surface area (Å²) in [5.41, 5.74) is 0.554. The Morgan fingerprint density at radius 3 is 2.44 bits per heavy atom. The van der Waals surface area contributed by atoms with Crippen molar-refractivity contribution in [1.82, 2.24) is 0 Å². The van der Waals surface area contributed by atoms with Crippen LogP contribution in [0.25, 0.3) is 0 Å². The molecule has 0 aliphatic heterocycles. The van der Waals surface area contributed by atoms with Crippen LogP contribution in [0.3, 0.4) is 0 Å². The molecule has 0 heterocycles. The quantitative estimate of drug-likeness (QED) is 0.754. The minimum absolute atomic E-state index is 0.496. The predicted octanol–water partition coefficient (Wildman–Crippen LogP) is 4.30. The summed E-state index contributed by atoms with van der Waals surface area (Å²) < 4.78 is 0. The third-order valence-corrected chi connectivity index (χ3v) is 3.52. The van der Waals surface area contributed by atoms with Crippen LogP contribution < -0.4 is 0 Å². The molecule has 16 heavy (non-hydrogen) atoms. The van der Waals surface area contributed by atoms with Crippen LogP contribution in [0.1, 0.15) is 10.4 Å². The minimum Gasteiger partial charge on any atom is -0.298 e. The summed E-state index contributed by atoms with van der Waals surface area (Å²) in [7, 11) is 0. The molecule has 0 fully saturated rings. The van der Waals surface area contributed by atoms with Crippen molar-refractivity contribution in [3.05, 3.63) is 59.1 Å². The Balaban J connectivity index is 2.35. The zero-order valence-corrected chi connectivity index (χ0v) is 9.96. The second-order valence-electron chi connectivity index (χ2n) is 3.18. The number of carbonyl (C=O) groups excluding carboxylic acids is 1. The van der Waals surface area contributed by atoms with Crippen LogP contribution in [-0.4, -0.2) is 6.29 Å². The van der Waals surface area contributed by atoms with Crippen molar-refractivity contribution in [2.45, 2.75) is 9.79 Å². The lowest BCUT2D eigenvalue weighted by Gasteiger charge is -2.05. The first-order valence-electron chi connectivity index (χ1n) is 4.78. The molecule has 80 valence electrons. The molecule has 2 aromatic rings. The Bertz CT molecular complexity index is 497. The van der Waals surface area contributed by atoms with Gasteiger partial charge in [0.2, 0.25) is 0 Å². The van der Waals surface area contributed by atoms with Crippen molar-refractivity contribution in [3.63, 3.8) is 0 Å². The van der Waals surface area contributed by atoms with Gasteiger partial charge in [-0.25, -0.2) is 0 Å². The fourth-order valence-corrected chi connectivity index (χ4v) is 2.57. The number of aldehydes is 1. The number of rotatable bonds is 3. The van der Waals surface area contributed by atoms with Gasteiger partial charge in [-0.05, 0) is 24.3 Å². The lowest BCUT2D eigenvalue weighted by Crippen LogP contribution is -1.86. The third kappa shape index (κ3) is 2.46. The number of hydrogen-bond donors (Lipinski definition) is 0. The van der Waals surface area contributed by atoms with Crippen LogP contribution >= 0.6 is 23.4 Å².